The van der Waals surface area contributed by atoms with Crippen LogP contribution in [0.4, 0.5) is 5.69 Å². The molecule has 7 heteroatoms. The third kappa shape index (κ3) is 2.13. The summed E-state index contributed by atoms with van der Waals surface area (Å²) in [6.45, 7) is 0. The summed E-state index contributed by atoms with van der Waals surface area (Å²) in [4.78, 5) is 20.7. The van der Waals surface area contributed by atoms with E-state index in [1.54, 1.807) is 0 Å². The van der Waals surface area contributed by atoms with Crippen molar-refractivity contribution in [2.45, 2.75) is 0 Å². The highest BCUT2D eigenvalue weighted by molar-refractivity contribution is 14.1. The molecule has 1 rings (SSSR count). The molecule has 5 nitrogen and oxygen atoms in total. The zero-order valence-corrected chi connectivity index (χ0v) is 9.57. The highest BCUT2D eigenvalue weighted by Crippen LogP contribution is 2.27. The van der Waals surface area contributed by atoms with E-state index in [2.05, 4.69) is 0 Å². The van der Waals surface area contributed by atoms with E-state index in [4.69, 9.17) is 17.3 Å². The Bertz CT molecular complexity index is 383. The second-order valence-electron chi connectivity index (χ2n) is 2.40. The van der Waals surface area contributed by atoms with E-state index >= 15 is 0 Å². The normalized spacial score (nSPS) is 9.86. The molecule has 0 radical (unpaired) electrons. The largest absolute Gasteiger partial charge is 0.365 e. The van der Waals surface area contributed by atoms with Crippen LogP contribution in [0.15, 0.2) is 12.1 Å². The molecule has 0 aliphatic rings. The molecular weight excluding hydrogens is 322 g/mol. The number of primary amides is 1. The van der Waals surface area contributed by atoms with Crippen molar-refractivity contribution in [2.75, 3.05) is 0 Å². The van der Waals surface area contributed by atoms with Crippen molar-refractivity contribution >= 4 is 45.8 Å². The predicted molar refractivity (Wildman–Crippen MR) is 59.3 cm³/mol. The van der Waals surface area contributed by atoms with E-state index in [-0.39, 0.29) is 16.3 Å². The first-order valence-electron chi connectivity index (χ1n) is 3.36. The molecule has 1 aromatic rings. The Hall–Kier alpha value is -0.890. The van der Waals surface area contributed by atoms with Crippen molar-refractivity contribution in [1.82, 2.24) is 0 Å². The minimum Gasteiger partial charge on any atom is -0.365 e. The van der Waals surface area contributed by atoms with Gasteiger partial charge in [-0.25, -0.2) is 0 Å². The number of hydrogen-bond acceptors (Lipinski definition) is 3. The highest BCUT2D eigenvalue weighted by atomic mass is 127. The van der Waals surface area contributed by atoms with Gasteiger partial charge in [0.05, 0.1) is 9.95 Å². The quantitative estimate of drug-likeness (QED) is 0.512. The molecule has 0 heterocycles. The van der Waals surface area contributed by atoms with Crippen molar-refractivity contribution < 1.29 is 9.72 Å². The van der Waals surface area contributed by atoms with Gasteiger partial charge in [0.2, 0.25) is 0 Å². The number of halogens is 2. The molecular formula is C7H4ClIN2O3. The number of carbonyl (C=O) groups is 1. The maximum absolute atomic E-state index is 10.9. The summed E-state index contributed by atoms with van der Waals surface area (Å²) >= 11 is 7.53. The Morgan fingerprint density at radius 1 is 1.57 bits per heavy atom. The lowest BCUT2D eigenvalue weighted by Gasteiger charge is -2.01. The topological polar surface area (TPSA) is 86.2 Å². The van der Waals surface area contributed by atoms with Crippen molar-refractivity contribution in [3.8, 4) is 0 Å². The fourth-order valence-corrected chi connectivity index (χ4v) is 1.51. The Kier molecular flexibility index (Phi) is 3.27. The summed E-state index contributed by atoms with van der Waals surface area (Å²) < 4.78 is 0.545. The number of benzene rings is 1. The first-order valence-corrected chi connectivity index (χ1v) is 4.82. The third-order valence-electron chi connectivity index (χ3n) is 1.50. The number of nitro benzene ring substituents is 1. The second-order valence-corrected chi connectivity index (χ2v) is 3.97. The Morgan fingerprint density at radius 2 is 2.14 bits per heavy atom. The smallest absolute Gasteiger partial charge is 0.283 e. The van der Waals surface area contributed by atoms with Crippen LogP contribution in [0.5, 0.6) is 0 Å². The van der Waals surface area contributed by atoms with Gasteiger partial charge in [0.25, 0.3) is 11.6 Å². The molecule has 0 aliphatic heterocycles. The van der Waals surface area contributed by atoms with E-state index in [9.17, 15) is 14.9 Å². The van der Waals surface area contributed by atoms with Gasteiger partial charge in [-0.1, -0.05) is 11.6 Å². The monoisotopic (exact) mass is 326 g/mol. The third-order valence-corrected chi connectivity index (χ3v) is 3.02. The molecule has 0 aliphatic carbocycles. The molecule has 74 valence electrons. The van der Waals surface area contributed by atoms with Gasteiger partial charge in [0.1, 0.15) is 5.56 Å². The lowest BCUT2D eigenvalue weighted by Crippen LogP contribution is -2.13. The molecule has 0 unspecified atom stereocenters. The second kappa shape index (κ2) is 4.09. The molecule has 0 saturated heterocycles. The first kappa shape index (κ1) is 11.2. The molecule has 2 N–H and O–H groups in total. The van der Waals surface area contributed by atoms with E-state index in [0.717, 1.165) is 6.07 Å². The number of nitrogens with two attached hydrogens (primary N) is 1. The van der Waals surface area contributed by atoms with Crippen molar-refractivity contribution in [2.24, 2.45) is 5.73 Å². The molecule has 14 heavy (non-hydrogen) atoms. The van der Waals surface area contributed by atoms with Gasteiger partial charge in [-0.3, -0.25) is 14.9 Å². The maximum atomic E-state index is 10.9. The van der Waals surface area contributed by atoms with Gasteiger partial charge < -0.3 is 5.73 Å². The SMILES string of the molecule is NC(=O)c1cc(I)c(Cl)cc1[N+](=O)[O-]. The van der Waals surface area contributed by atoms with Crippen LogP contribution in [0.1, 0.15) is 10.4 Å². The van der Waals surface area contributed by atoms with Gasteiger partial charge in [-0.05, 0) is 28.7 Å². The number of rotatable bonds is 2. The lowest BCUT2D eigenvalue weighted by molar-refractivity contribution is -0.385. The van der Waals surface area contributed by atoms with Crippen LogP contribution in [0.2, 0.25) is 5.02 Å². The average molecular weight is 326 g/mol. The Labute approximate surface area is 97.5 Å². The number of amides is 1. The summed E-state index contributed by atoms with van der Waals surface area (Å²) in [7, 11) is 0. The summed E-state index contributed by atoms with van der Waals surface area (Å²) in [6.07, 6.45) is 0. The molecule has 0 saturated carbocycles. The molecule has 0 spiro atoms. The minimum absolute atomic E-state index is 0.135. The van der Waals surface area contributed by atoms with Gasteiger partial charge in [-0.2, -0.15) is 0 Å². The van der Waals surface area contributed by atoms with Crippen LogP contribution in [-0.4, -0.2) is 10.8 Å². The molecule has 1 aromatic carbocycles. The number of carbonyl (C=O) groups excluding carboxylic acids is 1. The fraction of sp³-hybridized carbons (Fsp3) is 0. The van der Waals surface area contributed by atoms with E-state index < -0.39 is 10.8 Å². The standard InChI is InChI=1S/C7H4ClIN2O3/c8-4-2-6(11(13)14)3(7(10)12)1-5(4)9/h1-2H,(H2,10,12). The number of nitrogens with zero attached hydrogens (tertiary/aromatic N) is 1. The zero-order valence-electron chi connectivity index (χ0n) is 6.66. The van der Waals surface area contributed by atoms with Gasteiger partial charge in [0.15, 0.2) is 0 Å². The van der Waals surface area contributed by atoms with Crippen LogP contribution in [0, 0.1) is 13.7 Å². The lowest BCUT2D eigenvalue weighted by atomic mass is 10.2. The summed E-state index contributed by atoms with van der Waals surface area (Å²) in [5.74, 6) is -0.841. The van der Waals surface area contributed by atoms with E-state index in [0.29, 0.717) is 3.57 Å². The van der Waals surface area contributed by atoms with Crippen LogP contribution < -0.4 is 5.73 Å². The summed E-state index contributed by atoms with van der Waals surface area (Å²) in [5.41, 5.74) is 4.47. The predicted octanol–water partition coefficient (Wildman–Crippen LogP) is 1.95. The first-order chi connectivity index (χ1) is 6.43. The van der Waals surface area contributed by atoms with Crippen molar-refractivity contribution in [3.63, 3.8) is 0 Å². The fourth-order valence-electron chi connectivity index (χ4n) is 0.885. The van der Waals surface area contributed by atoms with Crippen LogP contribution >= 0.6 is 34.2 Å². The Balaban J connectivity index is 3.46. The minimum atomic E-state index is -0.841. The number of hydrogen-bond donors (Lipinski definition) is 1. The zero-order chi connectivity index (χ0) is 10.9. The average Bonchev–Trinajstić information content (AvgIpc) is 2.08. The van der Waals surface area contributed by atoms with Crippen molar-refractivity contribution in [3.05, 3.63) is 36.4 Å². The maximum Gasteiger partial charge on any atom is 0.283 e. The van der Waals surface area contributed by atoms with E-state index in [1.807, 2.05) is 22.6 Å². The van der Waals surface area contributed by atoms with Crippen LogP contribution in [-0.2, 0) is 0 Å². The summed E-state index contributed by atoms with van der Waals surface area (Å²) in [6, 6.07) is 2.41. The molecule has 0 aromatic heterocycles. The van der Waals surface area contributed by atoms with Gasteiger partial charge in [0, 0.05) is 9.64 Å². The van der Waals surface area contributed by atoms with Gasteiger partial charge >= 0.3 is 0 Å². The van der Waals surface area contributed by atoms with Gasteiger partial charge in [-0.15, -0.1) is 0 Å². The molecule has 0 atom stereocenters. The molecule has 0 fully saturated rings. The highest BCUT2D eigenvalue weighted by Gasteiger charge is 2.20. The molecule has 0 bridgehead atoms. The van der Waals surface area contributed by atoms with Crippen LogP contribution in [0.25, 0.3) is 0 Å². The molecule has 1 amide bonds. The van der Waals surface area contributed by atoms with E-state index in [1.165, 1.54) is 6.07 Å². The number of nitro groups is 1. The van der Waals surface area contributed by atoms with Crippen LogP contribution in [0.3, 0.4) is 0 Å². The Morgan fingerprint density at radius 3 is 2.57 bits per heavy atom. The summed E-state index contributed by atoms with van der Waals surface area (Å²) in [5, 5.41) is 10.8. The van der Waals surface area contributed by atoms with Crippen molar-refractivity contribution in [1.29, 1.82) is 0 Å².